The molecule has 0 spiro atoms. The van der Waals surface area contributed by atoms with Crippen molar-refractivity contribution in [3.05, 3.63) is 35.4 Å². The predicted molar refractivity (Wildman–Crippen MR) is 61.6 cm³/mol. The maximum atomic E-state index is 2.41. The van der Waals surface area contributed by atoms with Gasteiger partial charge in [0.2, 0.25) is 0 Å². The highest BCUT2D eigenvalue weighted by Gasteiger charge is 2.24. The van der Waals surface area contributed by atoms with Gasteiger partial charge < -0.3 is 0 Å². The van der Waals surface area contributed by atoms with Gasteiger partial charge in [0, 0.05) is 0 Å². The Morgan fingerprint density at radius 2 is 2.14 bits per heavy atom. The van der Waals surface area contributed by atoms with Crippen LogP contribution < -0.4 is 0 Å². The topological polar surface area (TPSA) is 0 Å². The Balaban J connectivity index is 2.22. The molecule has 1 saturated carbocycles. The number of hydrogen-bond acceptors (Lipinski definition) is 0. The molecule has 1 aromatic rings. The van der Waals surface area contributed by atoms with Crippen LogP contribution in [0.25, 0.3) is 0 Å². The van der Waals surface area contributed by atoms with Gasteiger partial charge in [-0.15, -0.1) is 0 Å². The summed E-state index contributed by atoms with van der Waals surface area (Å²) < 4.78 is 0. The lowest BCUT2D eigenvalue weighted by atomic mass is 9.89. The summed E-state index contributed by atoms with van der Waals surface area (Å²) in [5.41, 5.74) is 3.07. The summed E-state index contributed by atoms with van der Waals surface area (Å²) in [6.45, 7) is 4.63. The molecule has 14 heavy (non-hydrogen) atoms. The Bertz CT molecular complexity index is 301. The van der Waals surface area contributed by atoms with Crippen molar-refractivity contribution in [1.82, 2.24) is 0 Å². The van der Waals surface area contributed by atoms with Gasteiger partial charge in [0.05, 0.1) is 0 Å². The summed E-state index contributed by atoms with van der Waals surface area (Å²) in [7, 11) is 0. The van der Waals surface area contributed by atoms with Crippen molar-refractivity contribution in [2.45, 2.75) is 45.4 Å². The summed E-state index contributed by atoms with van der Waals surface area (Å²) >= 11 is 0. The molecule has 0 saturated heterocycles. The fraction of sp³-hybridized carbons (Fsp3) is 0.571. The van der Waals surface area contributed by atoms with Gasteiger partial charge in [-0.2, -0.15) is 0 Å². The predicted octanol–water partition coefficient (Wildman–Crippen LogP) is 4.15. The average Bonchev–Trinajstić information content (AvgIpc) is 2.65. The number of rotatable bonds is 2. The molecule has 0 aliphatic heterocycles. The van der Waals surface area contributed by atoms with E-state index in [0.29, 0.717) is 0 Å². The zero-order valence-corrected chi connectivity index (χ0v) is 9.29. The van der Waals surface area contributed by atoms with E-state index in [4.69, 9.17) is 0 Å². The van der Waals surface area contributed by atoms with Crippen molar-refractivity contribution in [3.8, 4) is 0 Å². The van der Waals surface area contributed by atoms with Gasteiger partial charge in [0.15, 0.2) is 0 Å². The van der Waals surface area contributed by atoms with Crippen LogP contribution in [0, 0.1) is 5.92 Å². The Morgan fingerprint density at radius 1 is 1.29 bits per heavy atom. The van der Waals surface area contributed by atoms with E-state index in [0.717, 1.165) is 18.3 Å². The molecule has 0 heterocycles. The third-order valence-electron chi connectivity index (χ3n) is 3.65. The number of hydrogen-bond donors (Lipinski definition) is 0. The van der Waals surface area contributed by atoms with E-state index in [1.807, 2.05) is 0 Å². The second-order valence-corrected chi connectivity index (χ2v) is 4.61. The van der Waals surface area contributed by atoms with E-state index >= 15 is 0 Å². The van der Waals surface area contributed by atoms with Crippen LogP contribution in [0.4, 0.5) is 0 Å². The second-order valence-electron chi connectivity index (χ2n) is 4.61. The molecule has 1 fully saturated rings. The molecule has 0 radical (unpaired) electrons. The molecule has 0 N–H and O–H groups in total. The summed E-state index contributed by atoms with van der Waals surface area (Å²) in [5.74, 6) is 1.73. The van der Waals surface area contributed by atoms with Gasteiger partial charge in [-0.25, -0.2) is 0 Å². The van der Waals surface area contributed by atoms with Crippen molar-refractivity contribution in [2.24, 2.45) is 5.92 Å². The zero-order valence-electron chi connectivity index (χ0n) is 9.29. The highest BCUT2D eigenvalue weighted by atomic mass is 14.3. The third kappa shape index (κ3) is 1.84. The Kier molecular flexibility index (Phi) is 2.90. The van der Waals surface area contributed by atoms with Crippen LogP contribution in [0.3, 0.4) is 0 Å². The fourth-order valence-electron chi connectivity index (χ4n) is 2.68. The fourth-order valence-corrected chi connectivity index (χ4v) is 2.68. The molecule has 0 unspecified atom stereocenters. The smallest absolute Gasteiger partial charge is 0.0136 e. The molecular weight excluding hydrogens is 168 g/mol. The lowest BCUT2D eigenvalue weighted by Gasteiger charge is -2.16. The van der Waals surface area contributed by atoms with E-state index in [9.17, 15) is 0 Å². The quantitative estimate of drug-likeness (QED) is 0.654. The average molecular weight is 188 g/mol. The summed E-state index contributed by atoms with van der Waals surface area (Å²) in [5, 5.41) is 0. The van der Waals surface area contributed by atoms with Crippen LogP contribution in [0.5, 0.6) is 0 Å². The number of aryl methyl sites for hydroxylation is 1. The maximum absolute atomic E-state index is 2.41. The van der Waals surface area contributed by atoms with E-state index < -0.39 is 0 Å². The molecule has 0 amide bonds. The number of benzene rings is 1. The minimum atomic E-state index is 0.835. The SMILES string of the molecule is CCc1cccc([C@H]2CCC[C@H]2C)c1. The molecule has 2 rings (SSSR count). The Labute approximate surface area is 87.3 Å². The molecule has 1 aliphatic carbocycles. The molecule has 2 atom stereocenters. The summed E-state index contributed by atoms with van der Waals surface area (Å²) in [6.07, 6.45) is 5.40. The lowest BCUT2D eigenvalue weighted by molar-refractivity contribution is 0.533. The van der Waals surface area contributed by atoms with E-state index in [2.05, 4.69) is 38.1 Å². The van der Waals surface area contributed by atoms with Gasteiger partial charge in [-0.3, -0.25) is 0 Å². The molecule has 0 aromatic heterocycles. The first kappa shape index (κ1) is 9.76. The molecule has 0 nitrogen and oxygen atoms in total. The zero-order chi connectivity index (χ0) is 9.97. The summed E-state index contributed by atoms with van der Waals surface area (Å²) in [6, 6.07) is 9.18. The second kappa shape index (κ2) is 4.16. The monoisotopic (exact) mass is 188 g/mol. The summed E-state index contributed by atoms with van der Waals surface area (Å²) in [4.78, 5) is 0. The van der Waals surface area contributed by atoms with Crippen molar-refractivity contribution >= 4 is 0 Å². The largest absolute Gasteiger partial charge is 0.0619 e. The van der Waals surface area contributed by atoms with Gasteiger partial charge in [-0.1, -0.05) is 51.0 Å². The first-order chi connectivity index (χ1) is 6.81. The van der Waals surface area contributed by atoms with Gasteiger partial charge in [0.1, 0.15) is 0 Å². The van der Waals surface area contributed by atoms with Gasteiger partial charge in [-0.05, 0) is 35.8 Å². The van der Waals surface area contributed by atoms with Crippen LogP contribution >= 0.6 is 0 Å². The first-order valence-corrected chi connectivity index (χ1v) is 5.90. The lowest BCUT2D eigenvalue weighted by Crippen LogP contribution is -2.02. The standard InChI is InChI=1S/C14H20/c1-3-12-7-5-8-13(10-12)14-9-4-6-11(14)2/h5,7-8,10-11,14H,3-4,6,9H2,1-2H3/t11-,14+/m1/s1. The molecule has 76 valence electrons. The Hall–Kier alpha value is -0.780. The minimum absolute atomic E-state index is 0.835. The molecule has 0 bridgehead atoms. The van der Waals surface area contributed by atoms with Crippen molar-refractivity contribution in [2.75, 3.05) is 0 Å². The van der Waals surface area contributed by atoms with Gasteiger partial charge in [0.25, 0.3) is 0 Å². The van der Waals surface area contributed by atoms with Crippen molar-refractivity contribution < 1.29 is 0 Å². The van der Waals surface area contributed by atoms with Crippen LogP contribution in [-0.2, 0) is 6.42 Å². The highest BCUT2D eigenvalue weighted by molar-refractivity contribution is 5.27. The minimum Gasteiger partial charge on any atom is -0.0619 e. The molecule has 1 aromatic carbocycles. The van der Waals surface area contributed by atoms with E-state index in [1.165, 1.54) is 24.8 Å². The third-order valence-corrected chi connectivity index (χ3v) is 3.65. The Morgan fingerprint density at radius 3 is 2.79 bits per heavy atom. The van der Waals surface area contributed by atoms with Crippen molar-refractivity contribution in [1.29, 1.82) is 0 Å². The van der Waals surface area contributed by atoms with Crippen LogP contribution in [0.1, 0.15) is 50.2 Å². The van der Waals surface area contributed by atoms with Gasteiger partial charge >= 0.3 is 0 Å². The van der Waals surface area contributed by atoms with Crippen LogP contribution in [-0.4, -0.2) is 0 Å². The van der Waals surface area contributed by atoms with Crippen LogP contribution in [0.15, 0.2) is 24.3 Å². The van der Waals surface area contributed by atoms with Crippen molar-refractivity contribution in [3.63, 3.8) is 0 Å². The van der Waals surface area contributed by atoms with E-state index in [-0.39, 0.29) is 0 Å². The molecule has 1 aliphatic rings. The normalized spacial score (nSPS) is 26.7. The van der Waals surface area contributed by atoms with Crippen LogP contribution in [0.2, 0.25) is 0 Å². The van der Waals surface area contributed by atoms with E-state index in [1.54, 1.807) is 5.56 Å². The highest BCUT2D eigenvalue weighted by Crippen LogP contribution is 2.39. The molecule has 0 heteroatoms. The first-order valence-electron chi connectivity index (χ1n) is 5.90. The molecular formula is C14H20. The maximum Gasteiger partial charge on any atom is -0.0136 e.